The van der Waals surface area contributed by atoms with Crippen LogP contribution in [0.3, 0.4) is 0 Å². The van der Waals surface area contributed by atoms with Crippen molar-refractivity contribution < 1.29 is 0 Å². The van der Waals surface area contributed by atoms with E-state index in [9.17, 15) is 0 Å². The summed E-state index contributed by atoms with van der Waals surface area (Å²) in [6, 6.07) is 0. The van der Waals surface area contributed by atoms with E-state index in [-0.39, 0.29) is 155 Å². The summed E-state index contributed by atoms with van der Waals surface area (Å²) in [5, 5.41) is 0. The van der Waals surface area contributed by atoms with Crippen LogP contribution in [0.25, 0.3) is 0 Å². The van der Waals surface area contributed by atoms with Gasteiger partial charge in [-0.2, -0.15) is 0 Å². The van der Waals surface area contributed by atoms with Crippen LogP contribution in [-0.2, 0) is 0 Å². The molecule has 0 aliphatic heterocycles. The minimum atomic E-state index is 0. The average Bonchev–Trinajstić information content (AvgIpc) is 0. The van der Waals surface area contributed by atoms with E-state index in [4.69, 9.17) is 0 Å². The molecule has 0 aliphatic rings. The summed E-state index contributed by atoms with van der Waals surface area (Å²) in [6.45, 7) is 0. The molecule has 0 fully saturated rings. The summed E-state index contributed by atoms with van der Waals surface area (Å²) in [6.07, 6.45) is 0. The summed E-state index contributed by atoms with van der Waals surface area (Å²) in [4.78, 5) is 0. The Balaban J connectivity index is 0. The quantitative estimate of drug-likeness (QED) is 0.390. The van der Waals surface area contributed by atoms with Gasteiger partial charge in [0, 0.05) is 115 Å². The topological polar surface area (TPSA) is 0 Å². The van der Waals surface area contributed by atoms with Gasteiger partial charge in [0.15, 0.2) is 0 Å². The third kappa shape index (κ3) is 35.3. The number of rotatable bonds is 0. The van der Waals surface area contributed by atoms with Crippen molar-refractivity contribution in [3.63, 3.8) is 0 Å². The van der Waals surface area contributed by atoms with E-state index in [1.165, 1.54) is 0 Å². The molecule has 0 heterocycles. The summed E-state index contributed by atoms with van der Waals surface area (Å²) in [7, 11) is 0. The van der Waals surface area contributed by atoms with Crippen LogP contribution in [0.5, 0.6) is 0 Å². The summed E-state index contributed by atoms with van der Waals surface area (Å²) < 4.78 is 0. The molecule has 0 nitrogen and oxygen atoms in total. The predicted molar refractivity (Wildman–Crippen MR) is 48.6 cm³/mol. The zero-order valence-corrected chi connectivity index (χ0v) is 10.6. The van der Waals surface area contributed by atoms with Crippen molar-refractivity contribution in [2.75, 3.05) is 0 Å². The van der Waals surface area contributed by atoms with Crippen molar-refractivity contribution in [2.45, 2.75) is 0 Å². The van der Waals surface area contributed by atoms with Gasteiger partial charge in [0.1, 0.15) is 0 Å². The van der Waals surface area contributed by atoms with Crippen molar-refractivity contribution in [3.8, 4) is 0 Å². The normalized spacial score (nSPS) is 0. The Kier molecular flexibility index (Phi) is 356. The smallest absolute Gasteiger partial charge is 0 e. The average molecular weight is 267 g/mol. The van der Waals surface area contributed by atoms with Gasteiger partial charge in [-0.05, 0) is 0 Å². The second-order valence-electron chi connectivity index (χ2n) is 0. The largest absolute Gasteiger partial charge is 0 e. The van der Waals surface area contributed by atoms with Gasteiger partial charge in [0.05, 0.1) is 0 Å². The molecule has 0 unspecified atom stereocenters. The maximum atomic E-state index is 0. The Labute approximate surface area is 151 Å². The molecule has 0 saturated heterocycles. The van der Waals surface area contributed by atoms with Crippen LogP contribution in [0.15, 0.2) is 0 Å². The van der Waals surface area contributed by atoms with Crippen molar-refractivity contribution in [1.29, 1.82) is 0 Å². The molecule has 22 valence electrons. The van der Waals surface area contributed by atoms with Gasteiger partial charge in [-0.3, -0.25) is 0 Å². The Morgan fingerprint density at radius 2 is 0.286 bits per heavy atom. The van der Waals surface area contributed by atoms with Crippen LogP contribution in [0.2, 0.25) is 0 Å². The summed E-state index contributed by atoms with van der Waals surface area (Å²) in [5.41, 5.74) is 0. The maximum Gasteiger partial charge on any atom is 0 e. The number of hydrogen-bond donors (Lipinski definition) is 0. The van der Waals surface area contributed by atoms with Crippen LogP contribution >= 0.6 is 0 Å². The standard InChI is InChI=1S/2Ga.5Mg.6H. The van der Waals surface area contributed by atoms with Crippen LogP contribution in [-0.4, -0.2) is 155 Å². The van der Waals surface area contributed by atoms with Crippen molar-refractivity contribution in [3.05, 3.63) is 0 Å². The van der Waals surface area contributed by atoms with Gasteiger partial charge in [0.25, 0.3) is 0 Å². The first-order valence-corrected chi connectivity index (χ1v) is 0. The SMILES string of the molecule is [GaH3].[GaH3].[Mg].[Mg].[Mg].[Mg].[Mg]. The monoisotopic (exact) mass is 264 g/mol. The molecule has 0 aromatic heterocycles. The molecule has 0 rings (SSSR count). The molecule has 0 aromatic carbocycles. The van der Waals surface area contributed by atoms with Gasteiger partial charge >= 0.3 is 39.6 Å². The van der Waals surface area contributed by atoms with E-state index < -0.39 is 0 Å². The molecule has 0 N–H and O–H groups in total. The number of hydrogen-bond acceptors (Lipinski definition) is 0. The second kappa shape index (κ2) is 43.5. The Morgan fingerprint density at radius 1 is 0.286 bits per heavy atom. The van der Waals surface area contributed by atoms with Crippen LogP contribution in [0, 0.1) is 0 Å². The first kappa shape index (κ1) is 57.3. The van der Waals surface area contributed by atoms with Gasteiger partial charge in [0.2, 0.25) is 0 Å². The zero-order valence-electron chi connectivity index (χ0n) is 3.54. The van der Waals surface area contributed by atoms with Crippen LogP contribution in [0.1, 0.15) is 0 Å². The van der Waals surface area contributed by atoms with E-state index in [1.807, 2.05) is 0 Å². The predicted octanol–water partition coefficient (Wildman–Crippen LogP) is -4.27. The zero-order chi connectivity index (χ0) is 0. The third-order valence-electron chi connectivity index (χ3n) is 0. The minimum absolute atomic E-state index is 0. The fraction of sp³-hybridized carbons (Fsp3) is 0. The maximum absolute atomic E-state index is 0. The van der Waals surface area contributed by atoms with E-state index in [0.29, 0.717) is 0 Å². The summed E-state index contributed by atoms with van der Waals surface area (Å²) >= 11 is 0. The van der Waals surface area contributed by atoms with Crippen molar-refractivity contribution >= 4 is 155 Å². The first-order valence-electron chi connectivity index (χ1n) is 0. The molecule has 0 saturated carbocycles. The Bertz CT molecular complexity index is 6.04. The second-order valence-corrected chi connectivity index (χ2v) is 0. The Hall–Kier alpha value is 5.10. The molecule has 7 heavy (non-hydrogen) atoms. The van der Waals surface area contributed by atoms with E-state index in [2.05, 4.69) is 0 Å². The molecule has 0 amide bonds. The fourth-order valence-electron chi connectivity index (χ4n) is 0. The van der Waals surface area contributed by atoms with Gasteiger partial charge in [-0.15, -0.1) is 0 Å². The molecule has 0 atom stereocenters. The molecule has 0 aromatic rings. The van der Waals surface area contributed by atoms with Crippen LogP contribution in [0.4, 0.5) is 0 Å². The van der Waals surface area contributed by atoms with Gasteiger partial charge in [-0.25, -0.2) is 0 Å². The van der Waals surface area contributed by atoms with E-state index in [0.717, 1.165) is 0 Å². The third-order valence-corrected chi connectivity index (χ3v) is 0. The Morgan fingerprint density at radius 3 is 0.286 bits per heavy atom. The molecular weight excluding hydrogens is 261 g/mol. The van der Waals surface area contributed by atoms with Gasteiger partial charge in [-0.1, -0.05) is 0 Å². The fourth-order valence-corrected chi connectivity index (χ4v) is 0. The van der Waals surface area contributed by atoms with Crippen LogP contribution < -0.4 is 0 Å². The van der Waals surface area contributed by atoms with E-state index >= 15 is 0 Å². The molecule has 0 spiro atoms. The molecule has 10 radical (unpaired) electrons. The van der Waals surface area contributed by atoms with Gasteiger partial charge < -0.3 is 0 Å². The molecular formula is H6Ga2Mg5. The van der Waals surface area contributed by atoms with Crippen molar-refractivity contribution in [2.24, 2.45) is 0 Å². The summed E-state index contributed by atoms with van der Waals surface area (Å²) in [5.74, 6) is 0. The first-order chi connectivity index (χ1) is 0. The minimum Gasteiger partial charge on any atom is 0 e. The molecule has 0 bridgehead atoms. The van der Waals surface area contributed by atoms with E-state index in [1.54, 1.807) is 0 Å². The van der Waals surface area contributed by atoms with Crippen molar-refractivity contribution in [1.82, 2.24) is 0 Å². The molecule has 7 heteroatoms. The molecule has 0 aliphatic carbocycles.